The first-order chi connectivity index (χ1) is 8.09. The Labute approximate surface area is 109 Å². The molecule has 0 radical (unpaired) electrons. The maximum absolute atomic E-state index is 11.9. The predicted octanol–water partition coefficient (Wildman–Crippen LogP) is 3.54. The molecule has 0 N–H and O–H groups in total. The van der Waals surface area contributed by atoms with Crippen molar-refractivity contribution >= 4 is 23.8 Å². The van der Waals surface area contributed by atoms with Crippen LogP contribution in [0.25, 0.3) is 0 Å². The highest BCUT2D eigenvalue weighted by molar-refractivity contribution is 9.10. The van der Waals surface area contributed by atoms with Crippen LogP contribution in [0.3, 0.4) is 0 Å². The molecule has 0 fully saturated rings. The van der Waals surface area contributed by atoms with E-state index in [0.717, 1.165) is 4.47 Å². The molecular weight excluding hydrogens is 309 g/mol. The number of phosphoric ester groups is 1. The lowest BCUT2D eigenvalue weighted by molar-refractivity contribution is 0.115. The second kappa shape index (κ2) is 7.24. The lowest BCUT2D eigenvalue weighted by Crippen LogP contribution is -2.01. The van der Waals surface area contributed by atoms with E-state index in [1.54, 1.807) is 26.1 Å². The Morgan fingerprint density at radius 1 is 1.24 bits per heavy atom. The highest BCUT2D eigenvalue weighted by Crippen LogP contribution is 2.49. The first kappa shape index (κ1) is 14.8. The molecule has 1 rings (SSSR count). The normalized spacial score (nSPS) is 11.7. The minimum atomic E-state index is -3.45. The summed E-state index contributed by atoms with van der Waals surface area (Å²) in [6.07, 6.45) is 1.64. The Bertz CT molecular complexity index is 374. The molecule has 0 spiro atoms. The molecule has 0 aliphatic carbocycles. The highest BCUT2D eigenvalue weighted by Gasteiger charge is 2.25. The van der Waals surface area contributed by atoms with Crippen molar-refractivity contribution in [1.29, 1.82) is 0 Å². The topological polar surface area (TPSA) is 57.7 Å². The van der Waals surface area contributed by atoms with E-state index in [1.807, 2.05) is 6.07 Å². The van der Waals surface area contributed by atoms with Crippen LogP contribution in [-0.2, 0) is 24.7 Å². The molecule has 0 atom stereocenters. The van der Waals surface area contributed by atoms with Crippen molar-refractivity contribution in [2.75, 3.05) is 13.2 Å². The van der Waals surface area contributed by atoms with E-state index < -0.39 is 7.82 Å². The number of rotatable bonds is 7. The average Bonchev–Trinajstić information content (AvgIpc) is 2.29. The van der Waals surface area contributed by atoms with Crippen molar-refractivity contribution in [3.63, 3.8) is 0 Å². The van der Waals surface area contributed by atoms with Crippen LogP contribution in [0.4, 0.5) is 0 Å². The van der Waals surface area contributed by atoms with Crippen LogP contribution in [-0.4, -0.2) is 18.2 Å². The van der Waals surface area contributed by atoms with E-state index in [0.29, 0.717) is 5.69 Å². The molecular formula is C10H15BrNO4P. The Morgan fingerprint density at radius 3 is 2.35 bits per heavy atom. The van der Waals surface area contributed by atoms with E-state index in [-0.39, 0.29) is 19.8 Å². The molecule has 0 unspecified atom stereocenters. The van der Waals surface area contributed by atoms with E-state index in [2.05, 4.69) is 20.9 Å². The minimum absolute atomic E-state index is 0.0879. The summed E-state index contributed by atoms with van der Waals surface area (Å²) < 4.78 is 28.0. The van der Waals surface area contributed by atoms with Gasteiger partial charge in [0.15, 0.2) is 0 Å². The number of hydrogen-bond donors (Lipinski definition) is 0. The molecule has 1 aromatic heterocycles. The van der Waals surface area contributed by atoms with Crippen molar-refractivity contribution < 1.29 is 18.1 Å². The number of halogens is 1. The highest BCUT2D eigenvalue weighted by atomic mass is 79.9. The Balaban J connectivity index is 2.57. The molecule has 17 heavy (non-hydrogen) atoms. The third kappa shape index (κ3) is 5.27. The Morgan fingerprint density at radius 2 is 1.88 bits per heavy atom. The fraction of sp³-hybridized carbons (Fsp3) is 0.500. The zero-order chi connectivity index (χ0) is 12.7. The monoisotopic (exact) mass is 323 g/mol. The van der Waals surface area contributed by atoms with Gasteiger partial charge in [-0.25, -0.2) is 4.57 Å². The van der Waals surface area contributed by atoms with Gasteiger partial charge in [0.25, 0.3) is 0 Å². The molecule has 0 aliphatic heterocycles. The molecule has 0 aliphatic rings. The molecule has 1 heterocycles. The van der Waals surface area contributed by atoms with E-state index >= 15 is 0 Å². The van der Waals surface area contributed by atoms with Gasteiger partial charge in [0.05, 0.1) is 18.9 Å². The van der Waals surface area contributed by atoms with Crippen LogP contribution in [0, 0.1) is 0 Å². The zero-order valence-electron chi connectivity index (χ0n) is 9.76. The second-order valence-corrected chi connectivity index (χ2v) is 5.61. The summed E-state index contributed by atoms with van der Waals surface area (Å²) in [6, 6.07) is 3.60. The van der Waals surface area contributed by atoms with Gasteiger partial charge in [-0.15, -0.1) is 0 Å². The van der Waals surface area contributed by atoms with Gasteiger partial charge in [-0.1, -0.05) is 0 Å². The summed E-state index contributed by atoms with van der Waals surface area (Å²) in [6.45, 7) is 4.08. The van der Waals surface area contributed by atoms with Gasteiger partial charge < -0.3 is 0 Å². The third-order valence-corrected chi connectivity index (χ3v) is 3.80. The van der Waals surface area contributed by atoms with Gasteiger partial charge in [0, 0.05) is 10.7 Å². The van der Waals surface area contributed by atoms with Crippen LogP contribution >= 0.6 is 23.8 Å². The summed E-state index contributed by atoms with van der Waals surface area (Å²) in [5.41, 5.74) is 0.660. The van der Waals surface area contributed by atoms with Crippen molar-refractivity contribution in [3.8, 4) is 0 Å². The number of phosphoric acid groups is 1. The maximum Gasteiger partial charge on any atom is 0.475 e. The molecule has 0 saturated heterocycles. The van der Waals surface area contributed by atoms with Crippen LogP contribution in [0.1, 0.15) is 19.5 Å². The molecule has 0 bridgehead atoms. The smallest absolute Gasteiger partial charge is 0.287 e. The average molecular weight is 324 g/mol. The molecule has 1 aromatic rings. The first-order valence-electron chi connectivity index (χ1n) is 5.23. The van der Waals surface area contributed by atoms with Crippen LogP contribution < -0.4 is 0 Å². The van der Waals surface area contributed by atoms with E-state index in [9.17, 15) is 4.57 Å². The van der Waals surface area contributed by atoms with Crippen molar-refractivity contribution in [2.24, 2.45) is 0 Å². The summed E-state index contributed by atoms with van der Waals surface area (Å²) in [5.74, 6) is 0. The van der Waals surface area contributed by atoms with Crippen molar-refractivity contribution in [3.05, 3.63) is 28.5 Å². The van der Waals surface area contributed by atoms with Gasteiger partial charge in [-0.3, -0.25) is 18.6 Å². The second-order valence-electron chi connectivity index (χ2n) is 3.02. The van der Waals surface area contributed by atoms with E-state index in [1.165, 1.54) is 0 Å². The lowest BCUT2D eigenvalue weighted by atomic mass is 10.4. The van der Waals surface area contributed by atoms with Crippen LogP contribution in [0.5, 0.6) is 0 Å². The molecule has 96 valence electrons. The van der Waals surface area contributed by atoms with Gasteiger partial charge in [-0.05, 0) is 41.9 Å². The fourth-order valence-corrected chi connectivity index (χ4v) is 2.45. The van der Waals surface area contributed by atoms with Crippen molar-refractivity contribution in [1.82, 2.24) is 4.98 Å². The van der Waals surface area contributed by atoms with Gasteiger partial charge in [0.2, 0.25) is 0 Å². The van der Waals surface area contributed by atoms with Gasteiger partial charge in [-0.2, -0.15) is 0 Å². The summed E-state index contributed by atoms with van der Waals surface area (Å²) in [4.78, 5) is 4.10. The first-order valence-corrected chi connectivity index (χ1v) is 7.49. The molecule has 0 saturated carbocycles. The van der Waals surface area contributed by atoms with Gasteiger partial charge in [0.1, 0.15) is 6.61 Å². The third-order valence-electron chi connectivity index (χ3n) is 1.73. The van der Waals surface area contributed by atoms with Crippen LogP contribution in [0.2, 0.25) is 0 Å². The van der Waals surface area contributed by atoms with E-state index in [4.69, 9.17) is 13.6 Å². The maximum atomic E-state index is 11.9. The zero-order valence-corrected chi connectivity index (χ0v) is 12.2. The SMILES string of the molecule is CCOP(=O)(OCC)OCc1ccc(Br)cn1. The van der Waals surface area contributed by atoms with Gasteiger partial charge >= 0.3 is 7.82 Å². The standard InChI is InChI=1S/C10H15BrNO4P/c1-3-14-17(13,15-4-2)16-8-10-6-5-9(11)7-12-10/h5-7H,3-4,8H2,1-2H3. The number of nitrogens with zero attached hydrogens (tertiary/aromatic N) is 1. The van der Waals surface area contributed by atoms with Crippen LogP contribution in [0.15, 0.2) is 22.8 Å². The number of hydrogen-bond acceptors (Lipinski definition) is 5. The summed E-state index contributed by atoms with van der Waals surface area (Å²) in [5, 5.41) is 0. The lowest BCUT2D eigenvalue weighted by Gasteiger charge is -2.15. The largest absolute Gasteiger partial charge is 0.475 e. The Kier molecular flexibility index (Phi) is 6.30. The predicted molar refractivity (Wildman–Crippen MR) is 67.6 cm³/mol. The van der Waals surface area contributed by atoms with Crippen molar-refractivity contribution in [2.45, 2.75) is 20.5 Å². The molecule has 5 nitrogen and oxygen atoms in total. The molecule has 0 amide bonds. The Hall–Kier alpha value is -0.260. The molecule has 0 aromatic carbocycles. The quantitative estimate of drug-likeness (QED) is 0.718. The minimum Gasteiger partial charge on any atom is -0.287 e. The number of pyridine rings is 1. The fourth-order valence-electron chi connectivity index (χ4n) is 1.07. The molecule has 7 heteroatoms. The summed E-state index contributed by atoms with van der Waals surface area (Å²) >= 11 is 3.28. The number of aromatic nitrogens is 1. The summed E-state index contributed by atoms with van der Waals surface area (Å²) in [7, 11) is -3.45.